The molecule has 0 unspecified atom stereocenters. The summed E-state index contributed by atoms with van der Waals surface area (Å²) in [6.07, 6.45) is -0.0899. The number of carbonyl (C=O) groups is 1. The van der Waals surface area contributed by atoms with E-state index in [0.29, 0.717) is 12.4 Å². The zero-order valence-electron chi connectivity index (χ0n) is 13.9. The first kappa shape index (κ1) is 18.3. The molecule has 1 aromatic carbocycles. The number of nitrogens with zero attached hydrogens (tertiary/aromatic N) is 3. The molecule has 3 aromatic rings. The number of halogens is 3. The van der Waals surface area contributed by atoms with Gasteiger partial charge in [-0.25, -0.2) is 9.97 Å². The maximum Gasteiger partial charge on any atom is 0.418 e. The van der Waals surface area contributed by atoms with Crippen molar-refractivity contribution in [3.05, 3.63) is 78.0 Å². The van der Waals surface area contributed by atoms with Gasteiger partial charge in [-0.15, -0.1) is 0 Å². The number of amides is 1. The number of carbonyl (C=O) groups excluding carboxylic acids is 1. The second-order valence-electron chi connectivity index (χ2n) is 5.50. The van der Waals surface area contributed by atoms with Crippen molar-refractivity contribution in [2.24, 2.45) is 0 Å². The normalized spacial score (nSPS) is 11.1. The van der Waals surface area contributed by atoms with Crippen molar-refractivity contribution in [3.63, 3.8) is 0 Å². The summed E-state index contributed by atoms with van der Waals surface area (Å²) in [6.45, 7) is 0.419. The molecule has 0 aliphatic heterocycles. The van der Waals surface area contributed by atoms with Crippen LogP contribution in [0.5, 0.6) is 0 Å². The van der Waals surface area contributed by atoms with Crippen molar-refractivity contribution in [2.45, 2.75) is 12.7 Å². The Morgan fingerprint density at radius 1 is 1.07 bits per heavy atom. The summed E-state index contributed by atoms with van der Waals surface area (Å²) >= 11 is 0. The lowest BCUT2D eigenvalue weighted by molar-refractivity contribution is -0.136. The van der Waals surface area contributed by atoms with Crippen molar-refractivity contribution >= 4 is 17.4 Å². The summed E-state index contributed by atoms with van der Waals surface area (Å²) in [4.78, 5) is 24.1. The Morgan fingerprint density at radius 3 is 2.63 bits per heavy atom. The van der Waals surface area contributed by atoms with Crippen molar-refractivity contribution in [1.82, 2.24) is 15.0 Å². The fourth-order valence-electron chi connectivity index (χ4n) is 2.30. The number of alkyl halides is 3. The Bertz CT molecular complexity index is 932. The number of rotatable bonds is 5. The molecule has 0 fully saturated rings. The molecule has 138 valence electrons. The van der Waals surface area contributed by atoms with Crippen LogP contribution in [0, 0.1) is 0 Å². The average molecular weight is 373 g/mol. The number of hydrogen-bond acceptors (Lipinski definition) is 5. The van der Waals surface area contributed by atoms with Gasteiger partial charge in [0.25, 0.3) is 5.91 Å². The first-order chi connectivity index (χ1) is 12.9. The molecule has 0 aliphatic rings. The van der Waals surface area contributed by atoms with E-state index < -0.39 is 17.6 Å². The lowest BCUT2D eigenvalue weighted by atomic mass is 10.1. The van der Waals surface area contributed by atoms with E-state index in [4.69, 9.17) is 0 Å². The number of benzene rings is 1. The van der Waals surface area contributed by atoms with E-state index >= 15 is 0 Å². The molecule has 0 aliphatic carbocycles. The van der Waals surface area contributed by atoms with Gasteiger partial charge in [0.1, 0.15) is 17.8 Å². The molecular weight excluding hydrogens is 359 g/mol. The molecule has 2 N–H and O–H groups in total. The molecule has 2 heterocycles. The molecule has 6 nitrogen and oxygen atoms in total. The van der Waals surface area contributed by atoms with Crippen LogP contribution in [-0.2, 0) is 12.7 Å². The van der Waals surface area contributed by atoms with Crippen LogP contribution in [0.4, 0.5) is 24.7 Å². The highest BCUT2D eigenvalue weighted by atomic mass is 19.4. The Kier molecular flexibility index (Phi) is 5.30. The van der Waals surface area contributed by atoms with E-state index in [0.717, 1.165) is 18.0 Å². The Morgan fingerprint density at radius 2 is 1.89 bits per heavy atom. The van der Waals surface area contributed by atoms with Crippen LogP contribution in [0.2, 0.25) is 0 Å². The molecule has 3 rings (SSSR count). The van der Waals surface area contributed by atoms with Crippen molar-refractivity contribution < 1.29 is 18.0 Å². The van der Waals surface area contributed by atoms with Crippen molar-refractivity contribution in [2.75, 3.05) is 10.6 Å². The predicted octanol–water partition coefficient (Wildman–Crippen LogP) is 3.75. The molecular formula is C18H14F3N5O. The quantitative estimate of drug-likeness (QED) is 0.712. The van der Waals surface area contributed by atoms with E-state index in [2.05, 4.69) is 25.6 Å². The van der Waals surface area contributed by atoms with E-state index in [9.17, 15) is 18.0 Å². The molecule has 0 saturated heterocycles. The first-order valence-corrected chi connectivity index (χ1v) is 7.86. The average Bonchev–Trinajstić information content (AvgIpc) is 2.67. The van der Waals surface area contributed by atoms with Crippen LogP contribution in [0.25, 0.3) is 0 Å². The Balaban J connectivity index is 1.73. The van der Waals surface area contributed by atoms with Gasteiger partial charge in [0.2, 0.25) is 0 Å². The van der Waals surface area contributed by atoms with Gasteiger partial charge in [0, 0.05) is 25.0 Å². The lowest BCUT2D eigenvalue weighted by Crippen LogP contribution is -2.18. The highest BCUT2D eigenvalue weighted by Gasteiger charge is 2.33. The second-order valence-corrected chi connectivity index (χ2v) is 5.50. The molecule has 0 saturated carbocycles. The molecule has 0 atom stereocenters. The third-order valence-corrected chi connectivity index (χ3v) is 3.58. The van der Waals surface area contributed by atoms with Crippen molar-refractivity contribution in [3.8, 4) is 0 Å². The molecule has 1 amide bonds. The van der Waals surface area contributed by atoms with E-state index in [1.165, 1.54) is 24.3 Å². The number of hydrogen-bond donors (Lipinski definition) is 2. The first-order valence-electron chi connectivity index (χ1n) is 7.86. The van der Waals surface area contributed by atoms with Gasteiger partial charge in [0.05, 0.1) is 11.3 Å². The Labute approximate surface area is 152 Å². The smallest absolute Gasteiger partial charge is 0.366 e. The zero-order valence-corrected chi connectivity index (χ0v) is 13.9. The third kappa shape index (κ3) is 4.78. The van der Waals surface area contributed by atoms with Crippen LogP contribution in [0.3, 0.4) is 0 Å². The summed E-state index contributed by atoms with van der Waals surface area (Å²) in [5, 5.41) is 5.25. The van der Waals surface area contributed by atoms with Gasteiger partial charge < -0.3 is 10.6 Å². The van der Waals surface area contributed by atoms with Gasteiger partial charge in [-0.3, -0.25) is 9.78 Å². The Hall–Kier alpha value is -3.49. The maximum absolute atomic E-state index is 13.0. The van der Waals surface area contributed by atoms with Gasteiger partial charge in [-0.05, 0) is 23.8 Å². The van der Waals surface area contributed by atoms with Gasteiger partial charge in [0.15, 0.2) is 0 Å². The van der Waals surface area contributed by atoms with Gasteiger partial charge >= 0.3 is 6.18 Å². The number of nitrogens with one attached hydrogen (secondary N) is 2. The number of aromatic nitrogens is 3. The number of para-hydroxylation sites is 1. The zero-order chi connectivity index (χ0) is 19.3. The van der Waals surface area contributed by atoms with E-state index in [1.54, 1.807) is 18.5 Å². The summed E-state index contributed by atoms with van der Waals surface area (Å²) in [5.74, 6) is -0.401. The monoisotopic (exact) mass is 373 g/mol. The van der Waals surface area contributed by atoms with Crippen LogP contribution in [0.1, 0.15) is 21.6 Å². The van der Waals surface area contributed by atoms with Crippen LogP contribution in [-0.4, -0.2) is 20.9 Å². The largest absolute Gasteiger partial charge is 0.418 e. The number of pyridine rings is 1. The second kappa shape index (κ2) is 7.81. The third-order valence-electron chi connectivity index (χ3n) is 3.58. The standard InChI is InChI=1S/C18H14F3N5O/c19-18(20,21)13-5-1-2-6-14(13)26-17(27)15-8-16(25-11-24-15)23-10-12-4-3-7-22-9-12/h1-9,11H,10H2,(H,26,27)(H,23,24,25). The minimum atomic E-state index is -4.58. The molecule has 27 heavy (non-hydrogen) atoms. The van der Waals surface area contributed by atoms with E-state index in [1.807, 2.05) is 6.07 Å². The molecule has 2 aromatic heterocycles. The summed E-state index contributed by atoms with van der Waals surface area (Å²) < 4.78 is 39.1. The summed E-state index contributed by atoms with van der Waals surface area (Å²) in [5.41, 5.74) is -0.419. The molecule has 9 heteroatoms. The SMILES string of the molecule is O=C(Nc1ccccc1C(F)(F)F)c1cc(NCc2cccnc2)ncn1. The molecule has 0 spiro atoms. The summed E-state index contributed by atoms with van der Waals surface area (Å²) in [6, 6.07) is 9.76. The van der Waals surface area contributed by atoms with Crippen molar-refractivity contribution in [1.29, 1.82) is 0 Å². The van der Waals surface area contributed by atoms with Gasteiger partial charge in [-0.1, -0.05) is 18.2 Å². The lowest BCUT2D eigenvalue weighted by Gasteiger charge is -2.13. The highest BCUT2D eigenvalue weighted by Crippen LogP contribution is 2.34. The van der Waals surface area contributed by atoms with Gasteiger partial charge in [-0.2, -0.15) is 13.2 Å². The predicted molar refractivity (Wildman–Crippen MR) is 93.0 cm³/mol. The highest BCUT2D eigenvalue weighted by molar-refractivity contribution is 6.03. The maximum atomic E-state index is 13.0. The van der Waals surface area contributed by atoms with Crippen LogP contribution in [0.15, 0.2) is 61.2 Å². The van der Waals surface area contributed by atoms with Crippen LogP contribution < -0.4 is 10.6 Å². The summed E-state index contributed by atoms with van der Waals surface area (Å²) in [7, 11) is 0. The minimum Gasteiger partial charge on any atom is -0.366 e. The fraction of sp³-hybridized carbons (Fsp3) is 0.111. The molecule has 0 radical (unpaired) electrons. The topological polar surface area (TPSA) is 79.8 Å². The fourth-order valence-corrected chi connectivity index (χ4v) is 2.30. The van der Waals surface area contributed by atoms with E-state index in [-0.39, 0.29) is 11.4 Å². The van der Waals surface area contributed by atoms with Crippen LogP contribution >= 0.6 is 0 Å². The molecule has 0 bridgehead atoms. The minimum absolute atomic E-state index is 0.0596. The number of anilines is 2.